The standard InChI is InChI=1S/C17H18ClN3O6S/c1-11-14(21(23)24)5-4-6-16(11)28(25,26)20(2)10-17(22)19-13-9-12(18)7-8-15(13)27-3/h4-9H,10H2,1-3H3,(H,19,22). The zero-order valence-electron chi connectivity index (χ0n) is 15.3. The highest BCUT2D eigenvalue weighted by molar-refractivity contribution is 7.89. The van der Waals surface area contributed by atoms with Crippen molar-refractivity contribution in [2.75, 3.05) is 26.0 Å². The number of carbonyl (C=O) groups excluding carboxylic acids is 1. The Balaban J connectivity index is 2.23. The van der Waals surface area contributed by atoms with Gasteiger partial charge < -0.3 is 10.1 Å². The fourth-order valence-electron chi connectivity index (χ4n) is 2.50. The van der Waals surface area contributed by atoms with Gasteiger partial charge >= 0.3 is 0 Å². The summed E-state index contributed by atoms with van der Waals surface area (Å²) < 4.78 is 31.5. The molecule has 0 aromatic heterocycles. The number of benzene rings is 2. The van der Waals surface area contributed by atoms with E-state index in [1.807, 2.05) is 0 Å². The Morgan fingerprint density at radius 1 is 1.32 bits per heavy atom. The lowest BCUT2D eigenvalue weighted by atomic mass is 10.2. The molecule has 0 heterocycles. The zero-order chi connectivity index (χ0) is 21.1. The van der Waals surface area contributed by atoms with Gasteiger partial charge in [0.2, 0.25) is 15.9 Å². The number of nitro benzene ring substituents is 1. The number of anilines is 1. The number of nitrogens with zero attached hydrogens (tertiary/aromatic N) is 2. The van der Waals surface area contributed by atoms with E-state index in [0.717, 1.165) is 4.31 Å². The van der Waals surface area contributed by atoms with E-state index in [1.54, 1.807) is 12.1 Å². The van der Waals surface area contributed by atoms with Gasteiger partial charge in [0.1, 0.15) is 5.75 Å². The second-order valence-electron chi connectivity index (χ2n) is 5.81. The Morgan fingerprint density at radius 3 is 2.61 bits per heavy atom. The maximum Gasteiger partial charge on any atom is 0.273 e. The summed E-state index contributed by atoms with van der Waals surface area (Å²) >= 11 is 5.91. The number of ether oxygens (including phenoxy) is 1. The molecule has 0 aliphatic rings. The third-order valence-corrected chi connectivity index (χ3v) is 6.13. The molecule has 150 valence electrons. The van der Waals surface area contributed by atoms with Crippen LogP contribution >= 0.6 is 11.6 Å². The molecule has 0 spiro atoms. The summed E-state index contributed by atoms with van der Waals surface area (Å²) in [7, 11) is -1.50. The van der Waals surface area contributed by atoms with E-state index in [4.69, 9.17) is 16.3 Å². The van der Waals surface area contributed by atoms with Crippen molar-refractivity contribution < 1.29 is 22.9 Å². The van der Waals surface area contributed by atoms with Gasteiger partial charge in [0, 0.05) is 23.7 Å². The summed E-state index contributed by atoms with van der Waals surface area (Å²) in [6, 6.07) is 8.36. The topological polar surface area (TPSA) is 119 Å². The quantitative estimate of drug-likeness (QED) is 0.536. The minimum atomic E-state index is -4.13. The number of nitrogens with one attached hydrogen (secondary N) is 1. The number of rotatable bonds is 7. The highest BCUT2D eigenvalue weighted by Crippen LogP contribution is 2.28. The summed E-state index contributed by atoms with van der Waals surface area (Å²) in [5, 5.41) is 14.0. The van der Waals surface area contributed by atoms with Crippen LogP contribution in [-0.4, -0.2) is 44.3 Å². The van der Waals surface area contributed by atoms with E-state index in [2.05, 4.69) is 5.32 Å². The van der Waals surface area contributed by atoms with Crippen molar-refractivity contribution in [3.8, 4) is 5.75 Å². The molecule has 9 nitrogen and oxygen atoms in total. The predicted molar refractivity (Wildman–Crippen MR) is 104 cm³/mol. The minimum absolute atomic E-state index is 0.00346. The number of halogens is 1. The molecule has 0 aliphatic carbocycles. The van der Waals surface area contributed by atoms with Crippen LogP contribution in [0.3, 0.4) is 0 Å². The lowest BCUT2D eigenvalue weighted by Gasteiger charge is -2.18. The van der Waals surface area contributed by atoms with Gasteiger partial charge in [0.05, 0.1) is 29.2 Å². The van der Waals surface area contributed by atoms with Gasteiger partial charge in [-0.2, -0.15) is 4.31 Å². The maximum atomic E-state index is 12.8. The van der Waals surface area contributed by atoms with Crippen molar-refractivity contribution in [2.24, 2.45) is 0 Å². The Morgan fingerprint density at radius 2 is 2.00 bits per heavy atom. The SMILES string of the molecule is COc1ccc(Cl)cc1NC(=O)CN(C)S(=O)(=O)c1cccc([N+](=O)[O-])c1C. The summed E-state index contributed by atoms with van der Waals surface area (Å²) in [5.74, 6) is -0.271. The molecule has 1 amide bonds. The number of nitro groups is 1. The van der Waals surface area contributed by atoms with E-state index < -0.39 is 27.4 Å². The molecule has 0 saturated carbocycles. The Kier molecular flexibility index (Phi) is 6.60. The number of amides is 1. The van der Waals surface area contributed by atoms with Gasteiger partial charge in [-0.05, 0) is 31.2 Å². The lowest BCUT2D eigenvalue weighted by molar-refractivity contribution is -0.385. The van der Waals surface area contributed by atoms with Crippen LogP contribution < -0.4 is 10.1 Å². The molecule has 0 atom stereocenters. The van der Waals surface area contributed by atoms with E-state index in [-0.39, 0.29) is 21.8 Å². The number of carbonyl (C=O) groups is 1. The number of likely N-dealkylation sites (N-methyl/N-ethyl adjacent to an activating group) is 1. The van der Waals surface area contributed by atoms with Gasteiger partial charge in [0.25, 0.3) is 5.69 Å². The lowest BCUT2D eigenvalue weighted by Crippen LogP contribution is -2.35. The Bertz CT molecular complexity index is 1030. The summed E-state index contributed by atoms with van der Waals surface area (Å²) in [6.07, 6.45) is 0. The Labute approximate surface area is 167 Å². The van der Waals surface area contributed by atoms with E-state index in [0.29, 0.717) is 10.8 Å². The van der Waals surface area contributed by atoms with E-state index in [9.17, 15) is 23.3 Å². The second kappa shape index (κ2) is 8.55. The first-order valence-electron chi connectivity index (χ1n) is 7.91. The number of sulfonamides is 1. The fourth-order valence-corrected chi connectivity index (χ4v) is 4.04. The third kappa shape index (κ3) is 4.58. The molecular weight excluding hydrogens is 410 g/mol. The molecule has 2 rings (SSSR count). The highest BCUT2D eigenvalue weighted by Gasteiger charge is 2.28. The molecule has 0 bridgehead atoms. The van der Waals surface area contributed by atoms with Crippen LogP contribution in [0.5, 0.6) is 5.75 Å². The average Bonchev–Trinajstić information content (AvgIpc) is 2.61. The first kappa shape index (κ1) is 21.6. The van der Waals surface area contributed by atoms with Crippen LogP contribution in [0, 0.1) is 17.0 Å². The number of hydrogen-bond donors (Lipinski definition) is 1. The molecule has 0 radical (unpaired) electrons. The number of hydrogen-bond acceptors (Lipinski definition) is 6. The van der Waals surface area contributed by atoms with Gasteiger partial charge in [0.15, 0.2) is 0 Å². The van der Waals surface area contributed by atoms with Crippen molar-refractivity contribution in [3.05, 3.63) is 57.1 Å². The molecule has 0 fully saturated rings. The van der Waals surface area contributed by atoms with Crippen LogP contribution in [0.15, 0.2) is 41.3 Å². The maximum absolute atomic E-state index is 12.8. The highest BCUT2D eigenvalue weighted by atomic mass is 35.5. The monoisotopic (exact) mass is 427 g/mol. The predicted octanol–water partition coefficient (Wildman–Crippen LogP) is 2.82. The van der Waals surface area contributed by atoms with Gasteiger partial charge in [-0.15, -0.1) is 0 Å². The molecule has 0 aliphatic heterocycles. The van der Waals surface area contributed by atoms with Crippen LogP contribution in [0.25, 0.3) is 0 Å². The van der Waals surface area contributed by atoms with Crippen LogP contribution in [0.4, 0.5) is 11.4 Å². The van der Waals surface area contributed by atoms with Gasteiger partial charge in [-0.25, -0.2) is 8.42 Å². The first-order valence-corrected chi connectivity index (χ1v) is 9.73. The second-order valence-corrected chi connectivity index (χ2v) is 8.26. The minimum Gasteiger partial charge on any atom is -0.495 e. The molecule has 11 heteroatoms. The van der Waals surface area contributed by atoms with Crippen molar-refractivity contribution in [1.29, 1.82) is 0 Å². The van der Waals surface area contributed by atoms with Crippen molar-refractivity contribution >= 4 is 38.9 Å². The molecule has 2 aromatic carbocycles. The molecule has 2 aromatic rings. The van der Waals surface area contributed by atoms with Crippen molar-refractivity contribution in [2.45, 2.75) is 11.8 Å². The largest absolute Gasteiger partial charge is 0.495 e. The smallest absolute Gasteiger partial charge is 0.273 e. The van der Waals surface area contributed by atoms with Crippen molar-refractivity contribution in [3.63, 3.8) is 0 Å². The van der Waals surface area contributed by atoms with Gasteiger partial charge in [-0.3, -0.25) is 14.9 Å². The van der Waals surface area contributed by atoms with Crippen LogP contribution in [0.1, 0.15) is 5.56 Å². The zero-order valence-corrected chi connectivity index (χ0v) is 16.9. The molecule has 0 unspecified atom stereocenters. The first-order chi connectivity index (χ1) is 13.1. The molecule has 1 N–H and O–H groups in total. The van der Waals surface area contributed by atoms with Crippen LogP contribution in [0.2, 0.25) is 5.02 Å². The number of methoxy groups -OCH3 is 1. The Hall–Kier alpha value is -2.69. The summed E-state index contributed by atoms with van der Waals surface area (Å²) in [4.78, 5) is 22.5. The molecule has 28 heavy (non-hydrogen) atoms. The van der Waals surface area contributed by atoms with Gasteiger partial charge in [-0.1, -0.05) is 17.7 Å². The van der Waals surface area contributed by atoms with E-state index >= 15 is 0 Å². The van der Waals surface area contributed by atoms with Crippen LogP contribution in [-0.2, 0) is 14.8 Å². The molecular formula is C17H18ClN3O6S. The van der Waals surface area contributed by atoms with E-state index in [1.165, 1.54) is 45.3 Å². The average molecular weight is 428 g/mol. The third-order valence-electron chi connectivity index (χ3n) is 3.94. The normalized spacial score (nSPS) is 11.3. The van der Waals surface area contributed by atoms with Crippen molar-refractivity contribution in [1.82, 2.24) is 4.31 Å². The molecule has 0 saturated heterocycles. The summed E-state index contributed by atoms with van der Waals surface area (Å²) in [6.45, 7) is 0.829. The summed E-state index contributed by atoms with van der Waals surface area (Å²) in [5.41, 5.74) is -0.0313. The fraction of sp³-hybridized carbons (Fsp3) is 0.235.